The van der Waals surface area contributed by atoms with Gasteiger partial charge in [-0.1, -0.05) is 61.9 Å². The predicted octanol–water partition coefficient (Wildman–Crippen LogP) is 11.8. The molecule has 0 radical (unpaired) electrons. The maximum absolute atomic E-state index is 15.2. The average Bonchev–Trinajstić information content (AvgIpc) is 3.00. The van der Waals surface area contributed by atoms with Gasteiger partial charge in [-0.05, 0) is 77.1 Å². The Morgan fingerprint density at radius 1 is 0.521 bits per heavy atom. The van der Waals surface area contributed by atoms with Gasteiger partial charge in [-0.15, -0.1) is 13.2 Å². The molecule has 5 aromatic rings. The number of halogens is 10. The SMILES string of the molecule is CCCCc1ccc(-c2ccc(-c3ccc(-c4cc(F)c(C(F)(F)Oc5ccc(OC(F)(F)F)c(F)c5)c(F)c4)c(F)c3)c(F)c2)cc1. The van der Waals surface area contributed by atoms with Crippen molar-refractivity contribution in [1.82, 2.24) is 0 Å². The number of rotatable bonds is 10. The van der Waals surface area contributed by atoms with E-state index in [1.165, 1.54) is 18.2 Å². The van der Waals surface area contributed by atoms with Crippen LogP contribution >= 0.6 is 0 Å². The van der Waals surface area contributed by atoms with Gasteiger partial charge in [0, 0.05) is 17.2 Å². The van der Waals surface area contributed by atoms with Crippen LogP contribution in [0.25, 0.3) is 33.4 Å². The van der Waals surface area contributed by atoms with Gasteiger partial charge in [0.15, 0.2) is 11.6 Å². The minimum absolute atomic E-state index is 0.0442. The number of alkyl halides is 5. The summed E-state index contributed by atoms with van der Waals surface area (Å²) in [5.41, 5.74) is -0.104. The summed E-state index contributed by atoms with van der Waals surface area (Å²) in [6.07, 6.45) is -7.01. The molecule has 0 atom stereocenters. The van der Waals surface area contributed by atoms with E-state index in [1.807, 2.05) is 24.3 Å². The molecular formula is C36H24F10O2. The summed E-state index contributed by atoms with van der Waals surface area (Å²) >= 11 is 0. The van der Waals surface area contributed by atoms with Gasteiger partial charge in [-0.3, -0.25) is 0 Å². The Hall–Kier alpha value is -5.00. The van der Waals surface area contributed by atoms with Crippen LogP contribution in [-0.2, 0) is 12.5 Å². The molecule has 0 N–H and O–H groups in total. The van der Waals surface area contributed by atoms with E-state index < -0.39 is 69.7 Å². The number of aryl methyl sites for hydroxylation is 1. The second kappa shape index (κ2) is 13.6. The zero-order valence-corrected chi connectivity index (χ0v) is 24.9. The van der Waals surface area contributed by atoms with Crippen LogP contribution in [0.1, 0.15) is 30.9 Å². The molecule has 0 saturated heterocycles. The van der Waals surface area contributed by atoms with E-state index in [-0.39, 0.29) is 17.2 Å². The smallest absolute Gasteiger partial charge is 0.429 e. The Bertz CT molecular complexity index is 1910. The zero-order valence-electron chi connectivity index (χ0n) is 24.9. The van der Waals surface area contributed by atoms with Crippen LogP contribution in [0.4, 0.5) is 43.9 Å². The predicted molar refractivity (Wildman–Crippen MR) is 159 cm³/mol. The van der Waals surface area contributed by atoms with Crippen LogP contribution < -0.4 is 9.47 Å². The van der Waals surface area contributed by atoms with Crippen molar-refractivity contribution in [2.75, 3.05) is 0 Å². The number of benzene rings is 5. The lowest BCUT2D eigenvalue weighted by molar-refractivity contribution is -0.275. The molecule has 48 heavy (non-hydrogen) atoms. The van der Waals surface area contributed by atoms with Gasteiger partial charge in [-0.25, -0.2) is 22.0 Å². The van der Waals surface area contributed by atoms with E-state index in [2.05, 4.69) is 16.4 Å². The van der Waals surface area contributed by atoms with Gasteiger partial charge in [-0.2, -0.15) is 8.78 Å². The zero-order chi connectivity index (χ0) is 34.8. The van der Waals surface area contributed by atoms with Gasteiger partial charge in [0.05, 0.1) is 0 Å². The molecule has 0 spiro atoms. The minimum Gasteiger partial charge on any atom is -0.429 e. The Morgan fingerprint density at radius 3 is 1.62 bits per heavy atom. The van der Waals surface area contributed by atoms with Crippen molar-refractivity contribution in [3.8, 4) is 44.9 Å². The van der Waals surface area contributed by atoms with Crippen LogP contribution in [0.2, 0.25) is 0 Å². The minimum atomic E-state index is -5.27. The summed E-state index contributed by atoms with van der Waals surface area (Å²) in [5, 5.41) is 0. The molecule has 5 aromatic carbocycles. The third kappa shape index (κ3) is 7.75. The van der Waals surface area contributed by atoms with Crippen LogP contribution in [0.15, 0.2) is 91.0 Å². The Morgan fingerprint density at radius 2 is 1.06 bits per heavy atom. The summed E-state index contributed by atoms with van der Waals surface area (Å²) in [7, 11) is 0. The molecular weight excluding hydrogens is 654 g/mol. The molecule has 0 amide bonds. The van der Waals surface area contributed by atoms with E-state index in [4.69, 9.17) is 0 Å². The summed E-state index contributed by atoms with van der Waals surface area (Å²) in [6.45, 7) is 2.10. The molecule has 0 fully saturated rings. The van der Waals surface area contributed by atoms with Crippen LogP contribution in [0.3, 0.4) is 0 Å². The Balaban J connectivity index is 1.36. The molecule has 0 heterocycles. The fourth-order valence-corrected chi connectivity index (χ4v) is 5.05. The van der Waals surface area contributed by atoms with Gasteiger partial charge in [0.25, 0.3) is 0 Å². The van der Waals surface area contributed by atoms with E-state index in [0.717, 1.165) is 42.5 Å². The van der Waals surface area contributed by atoms with E-state index in [1.54, 1.807) is 6.07 Å². The standard InChI is InChI=1S/C36H24F10O2/c1-2-3-4-20-5-7-21(8-6-20)22-9-12-26(28(37)15-22)23-10-13-27(29(38)16-23)24-17-31(40)34(32(41)18-24)35(42,43)47-25-11-14-33(30(39)19-25)48-36(44,45)46/h5-19H,2-4H2,1H3. The average molecular weight is 679 g/mol. The second-order valence-electron chi connectivity index (χ2n) is 10.8. The van der Waals surface area contributed by atoms with Crippen molar-refractivity contribution in [3.63, 3.8) is 0 Å². The Kier molecular flexibility index (Phi) is 9.74. The van der Waals surface area contributed by atoms with Crippen molar-refractivity contribution in [1.29, 1.82) is 0 Å². The van der Waals surface area contributed by atoms with Crippen molar-refractivity contribution >= 4 is 0 Å². The summed E-state index contributed by atoms with van der Waals surface area (Å²) < 4.78 is 148. The second-order valence-corrected chi connectivity index (χ2v) is 10.8. The molecule has 12 heteroatoms. The molecule has 0 unspecified atom stereocenters. The summed E-state index contributed by atoms with van der Waals surface area (Å²) in [6, 6.07) is 17.2. The first-order valence-corrected chi connectivity index (χ1v) is 14.5. The normalized spacial score (nSPS) is 11.9. The monoisotopic (exact) mass is 678 g/mol. The van der Waals surface area contributed by atoms with E-state index >= 15 is 8.78 Å². The molecule has 250 valence electrons. The maximum Gasteiger partial charge on any atom is 0.573 e. The quantitative estimate of drug-likeness (QED) is 0.137. The molecule has 2 nitrogen and oxygen atoms in total. The van der Waals surface area contributed by atoms with Crippen molar-refractivity contribution in [2.45, 2.75) is 38.7 Å². The molecule has 0 saturated carbocycles. The molecule has 0 bridgehead atoms. The molecule has 0 aromatic heterocycles. The first-order valence-electron chi connectivity index (χ1n) is 14.5. The Labute approximate surface area is 268 Å². The number of unbranched alkanes of at least 4 members (excludes halogenated alkanes) is 1. The van der Waals surface area contributed by atoms with Crippen LogP contribution in [0, 0.1) is 29.1 Å². The summed E-state index contributed by atoms with van der Waals surface area (Å²) in [4.78, 5) is 0. The van der Waals surface area contributed by atoms with E-state index in [0.29, 0.717) is 29.8 Å². The lowest BCUT2D eigenvalue weighted by Gasteiger charge is -2.20. The van der Waals surface area contributed by atoms with Crippen molar-refractivity contribution in [2.24, 2.45) is 0 Å². The molecule has 0 aliphatic carbocycles. The van der Waals surface area contributed by atoms with Gasteiger partial charge in [0.2, 0.25) is 0 Å². The molecule has 5 rings (SSSR count). The van der Waals surface area contributed by atoms with Crippen molar-refractivity contribution in [3.05, 3.63) is 131 Å². The highest BCUT2D eigenvalue weighted by atomic mass is 19.4. The van der Waals surface area contributed by atoms with E-state index in [9.17, 15) is 35.1 Å². The molecule has 0 aliphatic rings. The third-order valence-corrected chi connectivity index (χ3v) is 7.37. The number of hydrogen-bond acceptors (Lipinski definition) is 2. The lowest BCUT2D eigenvalue weighted by atomic mass is 9.96. The van der Waals surface area contributed by atoms with Gasteiger partial charge < -0.3 is 9.47 Å². The topological polar surface area (TPSA) is 18.5 Å². The third-order valence-electron chi connectivity index (χ3n) is 7.37. The van der Waals surface area contributed by atoms with Gasteiger partial charge in [0.1, 0.15) is 34.6 Å². The number of ether oxygens (including phenoxy) is 2. The maximum atomic E-state index is 15.2. The fraction of sp³-hybridized carbons (Fsp3) is 0.167. The van der Waals surface area contributed by atoms with Crippen LogP contribution in [0.5, 0.6) is 11.5 Å². The first kappa shape index (κ1) is 34.3. The fourth-order valence-electron chi connectivity index (χ4n) is 5.05. The first-order chi connectivity index (χ1) is 22.6. The van der Waals surface area contributed by atoms with Gasteiger partial charge >= 0.3 is 12.5 Å². The largest absolute Gasteiger partial charge is 0.573 e. The lowest BCUT2D eigenvalue weighted by Crippen LogP contribution is -2.25. The highest BCUT2D eigenvalue weighted by molar-refractivity contribution is 5.74. The summed E-state index contributed by atoms with van der Waals surface area (Å²) in [5.74, 6) is -9.58. The molecule has 0 aliphatic heterocycles. The van der Waals surface area contributed by atoms with Crippen molar-refractivity contribution < 1.29 is 53.4 Å². The van der Waals surface area contributed by atoms with Crippen LogP contribution in [-0.4, -0.2) is 6.36 Å². The highest BCUT2D eigenvalue weighted by Gasteiger charge is 2.42. The number of hydrogen-bond donors (Lipinski definition) is 0. The highest BCUT2D eigenvalue weighted by Crippen LogP contribution is 2.39.